The molecule has 2 fully saturated rings. The van der Waals surface area contributed by atoms with E-state index in [2.05, 4.69) is 0 Å². The van der Waals surface area contributed by atoms with E-state index >= 15 is 0 Å². The standard InChI is InChI=1S/C23H25F2N3O3/c24-18-7-5-17(6-8-18)23(21(29)30)9-11-27(12-10-23)22(31)28-15-13-26(14-16-28)20-4-2-1-3-19(20)25/h1-8H,9-16H2,(H,29,30). The molecule has 31 heavy (non-hydrogen) atoms. The smallest absolute Gasteiger partial charge is 0.320 e. The summed E-state index contributed by atoms with van der Waals surface area (Å²) in [6, 6.07) is 12.1. The molecule has 8 heteroatoms. The number of amides is 2. The number of anilines is 1. The number of nitrogens with zero attached hydrogens (tertiary/aromatic N) is 3. The number of carbonyl (C=O) groups excluding carboxylic acids is 1. The van der Waals surface area contributed by atoms with Gasteiger partial charge in [0.25, 0.3) is 0 Å². The third-order valence-electron chi connectivity index (χ3n) is 6.44. The second-order valence-electron chi connectivity index (χ2n) is 8.09. The van der Waals surface area contributed by atoms with Crippen molar-refractivity contribution in [3.63, 3.8) is 0 Å². The highest BCUT2D eigenvalue weighted by Crippen LogP contribution is 2.36. The van der Waals surface area contributed by atoms with Crippen LogP contribution in [-0.2, 0) is 10.2 Å². The van der Waals surface area contributed by atoms with Crippen LogP contribution in [0.15, 0.2) is 48.5 Å². The molecule has 0 spiro atoms. The van der Waals surface area contributed by atoms with E-state index in [0.29, 0.717) is 50.5 Å². The molecule has 1 N–H and O–H groups in total. The van der Waals surface area contributed by atoms with E-state index in [1.165, 1.54) is 30.3 Å². The zero-order valence-corrected chi connectivity index (χ0v) is 17.1. The number of para-hydroxylation sites is 1. The first-order valence-electron chi connectivity index (χ1n) is 10.4. The van der Waals surface area contributed by atoms with Crippen LogP contribution in [0.1, 0.15) is 18.4 Å². The van der Waals surface area contributed by atoms with Crippen LogP contribution in [0.25, 0.3) is 0 Å². The quantitative estimate of drug-likeness (QED) is 0.813. The molecule has 0 unspecified atom stereocenters. The van der Waals surface area contributed by atoms with Gasteiger partial charge in [-0.3, -0.25) is 4.79 Å². The lowest BCUT2D eigenvalue weighted by molar-refractivity contribution is -0.145. The molecule has 4 rings (SSSR count). The lowest BCUT2D eigenvalue weighted by atomic mass is 9.73. The summed E-state index contributed by atoms with van der Waals surface area (Å²) in [5.41, 5.74) is -0.0151. The summed E-state index contributed by atoms with van der Waals surface area (Å²) in [6.45, 7) is 2.66. The summed E-state index contributed by atoms with van der Waals surface area (Å²) in [5.74, 6) is -1.64. The van der Waals surface area contributed by atoms with Gasteiger partial charge in [-0.05, 0) is 42.7 Å². The van der Waals surface area contributed by atoms with Gasteiger partial charge in [0.1, 0.15) is 11.6 Å². The van der Waals surface area contributed by atoms with Crippen LogP contribution >= 0.6 is 0 Å². The summed E-state index contributed by atoms with van der Waals surface area (Å²) < 4.78 is 27.3. The average molecular weight is 429 g/mol. The Kier molecular flexibility index (Phi) is 5.80. The molecule has 2 saturated heterocycles. The molecule has 0 aliphatic carbocycles. The zero-order chi connectivity index (χ0) is 22.0. The number of aliphatic carboxylic acids is 1. The molecule has 164 valence electrons. The number of piperidine rings is 1. The minimum absolute atomic E-state index is 0.119. The molecule has 2 amide bonds. The highest BCUT2D eigenvalue weighted by molar-refractivity contribution is 5.82. The molecule has 0 radical (unpaired) electrons. The number of rotatable bonds is 3. The van der Waals surface area contributed by atoms with E-state index in [1.54, 1.807) is 28.0 Å². The Hall–Kier alpha value is -3.16. The second kappa shape index (κ2) is 8.53. The van der Waals surface area contributed by atoms with Crippen LogP contribution in [0.4, 0.5) is 19.3 Å². The van der Waals surface area contributed by atoms with Gasteiger partial charge in [0.2, 0.25) is 0 Å². The maximum absolute atomic E-state index is 14.0. The highest BCUT2D eigenvalue weighted by Gasteiger charge is 2.44. The number of hydrogen-bond acceptors (Lipinski definition) is 3. The molecule has 2 aromatic carbocycles. The number of carbonyl (C=O) groups is 2. The fourth-order valence-electron chi connectivity index (χ4n) is 4.52. The van der Waals surface area contributed by atoms with Crippen LogP contribution in [0.5, 0.6) is 0 Å². The van der Waals surface area contributed by atoms with Crippen molar-refractivity contribution in [2.75, 3.05) is 44.2 Å². The molecular weight excluding hydrogens is 404 g/mol. The maximum atomic E-state index is 14.0. The number of benzene rings is 2. The Bertz CT molecular complexity index is 951. The SMILES string of the molecule is O=C(N1CCN(c2ccccc2F)CC1)N1CCC(C(=O)O)(c2ccc(F)cc2)CC1. The first-order valence-corrected chi connectivity index (χ1v) is 10.4. The lowest BCUT2D eigenvalue weighted by Gasteiger charge is -2.43. The van der Waals surface area contributed by atoms with Crippen LogP contribution in [-0.4, -0.2) is 66.2 Å². The Labute approximate surface area is 179 Å². The summed E-state index contributed by atoms with van der Waals surface area (Å²) in [4.78, 5) is 30.4. The monoisotopic (exact) mass is 429 g/mol. The van der Waals surface area contributed by atoms with Crippen molar-refractivity contribution >= 4 is 17.7 Å². The summed E-state index contributed by atoms with van der Waals surface area (Å²) >= 11 is 0. The summed E-state index contributed by atoms with van der Waals surface area (Å²) in [6.07, 6.45) is 0.545. The third-order valence-corrected chi connectivity index (χ3v) is 6.44. The van der Waals surface area contributed by atoms with E-state index < -0.39 is 17.2 Å². The van der Waals surface area contributed by atoms with E-state index in [4.69, 9.17) is 0 Å². The van der Waals surface area contributed by atoms with Gasteiger partial charge >= 0.3 is 12.0 Å². The van der Waals surface area contributed by atoms with Crippen molar-refractivity contribution in [1.29, 1.82) is 0 Å². The molecule has 2 heterocycles. The number of likely N-dealkylation sites (tertiary alicyclic amines) is 1. The number of carboxylic acids is 1. The first-order chi connectivity index (χ1) is 14.9. The Morgan fingerprint density at radius 3 is 1.97 bits per heavy atom. The number of carboxylic acid groups (broad SMARTS) is 1. The Balaban J connectivity index is 1.38. The fraction of sp³-hybridized carbons (Fsp3) is 0.391. The third kappa shape index (κ3) is 4.06. The number of hydrogen-bond donors (Lipinski definition) is 1. The van der Waals surface area contributed by atoms with Crippen molar-refractivity contribution in [3.05, 3.63) is 65.7 Å². The molecule has 2 aliphatic heterocycles. The normalized spacial score (nSPS) is 18.7. The molecule has 6 nitrogen and oxygen atoms in total. The molecule has 0 bridgehead atoms. The van der Waals surface area contributed by atoms with Gasteiger partial charge in [0.05, 0.1) is 11.1 Å². The average Bonchev–Trinajstić information content (AvgIpc) is 2.79. The van der Waals surface area contributed by atoms with Gasteiger partial charge < -0.3 is 19.8 Å². The van der Waals surface area contributed by atoms with E-state index in [-0.39, 0.29) is 24.7 Å². The Morgan fingerprint density at radius 1 is 0.806 bits per heavy atom. The molecule has 0 aromatic heterocycles. The van der Waals surface area contributed by atoms with Crippen LogP contribution < -0.4 is 4.90 Å². The van der Waals surface area contributed by atoms with Gasteiger partial charge in [-0.25, -0.2) is 13.6 Å². The van der Waals surface area contributed by atoms with Crippen molar-refractivity contribution in [1.82, 2.24) is 9.80 Å². The van der Waals surface area contributed by atoms with Gasteiger partial charge in [-0.15, -0.1) is 0 Å². The van der Waals surface area contributed by atoms with Crippen molar-refractivity contribution in [2.24, 2.45) is 0 Å². The molecular formula is C23H25F2N3O3. The van der Waals surface area contributed by atoms with E-state index in [9.17, 15) is 23.5 Å². The number of piperazine rings is 1. The largest absolute Gasteiger partial charge is 0.481 e. The maximum Gasteiger partial charge on any atom is 0.320 e. The van der Waals surface area contributed by atoms with Crippen molar-refractivity contribution < 1.29 is 23.5 Å². The van der Waals surface area contributed by atoms with Crippen LogP contribution in [0, 0.1) is 11.6 Å². The van der Waals surface area contributed by atoms with Crippen molar-refractivity contribution in [2.45, 2.75) is 18.3 Å². The Morgan fingerprint density at radius 2 is 1.39 bits per heavy atom. The van der Waals surface area contributed by atoms with Gasteiger partial charge in [-0.1, -0.05) is 24.3 Å². The first kappa shape index (κ1) is 21.1. The molecule has 2 aromatic rings. The number of urea groups is 1. The van der Waals surface area contributed by atoms with Crippen LogP contribution in [0.2, 0.25) is 0 Å². The molecule has 0 atom stereocenters. The minimum atomic E-state index is -1.12. The van der Waals surface area contributed by atoms with Gasteiger partial charge in [0, 0.05) is 39.3 Å². The van der Waals surface area contributed by atoms with E-state index in [1.807, 2.05) is 4.90 Å². The number of halogens is 2. The topological polar surface area (TPSA) is 64.1 Å². The minimum Gasteiger partial charge on any atom is -0.481 e. The zero-order valence-electron chi connectivity index (χ0n) is 17.1. The van der Waals surface area contributed by atoms with Gasteiger partial charge in [-0.2, -0.15) is 0 Å². The lowest BCUT2D eigenvalue weighted by Crippen LogP contribution is -2.56. The highest BCUT2D eigenvalue weighted by atomic mass is 19.1. The second-order valence-corrected chi connectivity index (χ2v) is 8.09. The predicted molar refractivity (Wildman–Crippen MR) is 112 cm³/mol. The van der Waals surface area contributed by atoms with E-state index in [0.717, 1.165) is 0 Å². The molecule has 0 saturated carbocycles. The predicted octanol–water partition coefficient (Wildman–Crippen LogP) is 3.33. The van der Waals surface area contributed by atoms with Gasteiger partial charge in [0.15, 0.2) is 0 Å². The van der Waals surface area contributed by atoms with Crippen molar-refractivity contribution in [3.8, 4) is 0 Å². The molecule has 2 aliphatic rings. The summed E-state index contributed by atoms with van der Waals surface area (Å²) in [7, 11) is 0. The summed E-state index contributed by atoms with van der Waals surface area (Å²) in [5, 5.41) is 9.90. The fourth-order valence-corrected chi connectivity index (χ4v) is 4.52. The van der Waals surface area contributed by atoms with Crippen LogP contribution in [0.3, 0.4) is 0 Å².